The molecule has 0 aliphatic rings. The van der Waals surface area contributed by atoms with Gasteiger partial charge in [0, 0.05) is 11.1 Å². The highest BCUT2D eigenvalue weighted by molar-refractivity contribution is 7.97. The first-order chi connectivity index (χ1) is 14.0. The normalized spacial score (nSPS) is 9.27. The average Bonchev–Trinajstić information content (AvgIpc) is 2.67. The summed E-state index contributed by atoms with van der Waals surface area (Å²) in [7, 11) is 0. The lowest BCUT2D eigenvalue weighted by Crippen LogP contribution is -2.03. The Kier molecular flexibility index (Phi) is 19.4. The predicted molar refractivity (Wildman–Crippen MR) is 137 cm³/mol. The molecule has 0 atom stereocenters. The summed E-state index contributed by atoms with van der Waals surface area (Å²) < 4.78 is 5.27. The molecule has 0 bridgehead atoms. The summed E-state index contributed by atoms with van der Waals surface area (Å²) in [5.74, 6) is 1.90. The number of ether oxygens (including phenoxy) is 1. The number of thiocarbonyl (C=S) groups is 1. The summed E-state index contributed by atoms with van der Waals surface area (Å²) in [4.78, 5) is 10.5. The van der Waals surface area contributed by atoms with Gasteiger partial charge in [0.15, 0.2) is 5.05 Å². The van der Waals surface area contributed by atoms with Crippen LogP contribution in [-0.2, 0) is 4.74 Å². The molecular weight excluding hydrogens is 412 g/mol. The maximum Gasteiger partial charge on any atom is 0.216 e. The standard InChI is InChI=1S/C10H12O2S.C7H6OS.2C4H10/c1-2-7-12-10(13)8-3-5-9(11)6-4-8;8-7(9)6-4-2-1-3-5-6;2*1-4(2)3/h3-6,11H,2,7H2,1H3;1-5H,(H,8,9);2*4H,1-3H3. The quantitative estimate of drug-likeness (QED) is 0.372. The van der Waals surface area contributed by atoms with E-state index in [1.54, 1.807) is 36.4 Å². The van der Waals surface area contributed by atoms with Crippen molar-refractivity contribution in [3.05, 3.63) is 65.7 Å². The SMILES string of the molecule is CC(C)C.CC(C)C.CCCOC(=S)c1ccc(O)cc1.O=C(S)c1ccccc1. The third-order valence-electron chi connectivity index (χ3n) is 2.56. The van der Waals surface area contributed by atoms with E-state index in [9.17, 15) is 4.79 Å². The van der Waals surface area contributed by atoms with E-state index in [2.05, 4.69) is 54.2 Å². The van der Waals surface area contributed by atoms with Crippen LogP contribution in [0.1, 0.15) is 70.8 Å². The van der Waals surface area contributed by atoms with Gasteiger partial charge in [0.1, 0.15) is 5.75 Å². The van der Waals surface area contributed by atoms with Crippen LogP contribution >= 0.6 is 24.8 Å². The number of thiol groups is 1. The van der Waals surface area contributed by atoms with Gasteiger partial charge in [-0.3, -0.25) is 4.79 Å². The number of phenolic OH excluding ortho intramolecular Hbond substituents is 1. The molecule has 0 heterocycles. The predicted octanol–water partition coefficient (Wildman–Crippen LogP) is 7.58. The maximum absolute atomic E-state index is 10.5. The summed E-state index contributed by atoms with van der Waals surface area (Å²) in [6, 6.07) is 15.6. The van der Waals surface area contributed by atoms with Crippen molar-refractivity contribution in [3.8, 4) is 5.75 Å². The molecule has 0 amide bonds. The van der Waals surface area contributed by atoms with E-state index < -0.39 is 0 Å². The minimum atomic E-state index is -0.185. The van der Waals surface area contributed by atoms with Gasteiger partial charge in [0.25, 0.3) is 0 Å². The number of aromatic hydroxyl groups is 1. The Morgan fingerprint density at radius 3 is 1.67 bits per heavy atom. The first-order valence-corrected chi connectivity index (χ1v) is 11.1. The van der Waals surface area contributed by atoms with Crippen LogP contribution in [0, 0.1) is 11.8 Å². The zero-order valence-electron chi connectivity index (χ0n) is 19.4. The van der Waals surface area contributed by atoms with E-state index in [4.69, 9.17) is 22.1 Å². The largest absolute Gasteiger partial charge is 0.508 e. The zero-order chi connectivity index (χ0) is 23.5. The van der Waals surface area contributed by atoms with Gasteiger partial charge >= 0.3 is 0 Å². The molecule has 3 nitrogen and oxygen atoms in total. The molecule has 0 radical (unpaired) electrons. The average molecular weight is 451 g/mol. The van der Waals surface area contributed by atoms with Crippen LogP contribution in [0.4, 0.5) is 0 Å². The highest BCUT2D eigenvalue weighted by atomic mass is 32.1. The fourth-order valence-electron chi connectivity index (χ4n) is 1.46. The molecule has 30 heavy (non-hydrogen) atoms. The number of hydrogen-bond acceptors (Lipinski definition) is 4. The molecule has 0 saturated carbocycles. The van der Waals surface area contributed by atoms with Crippen LogP contribution in [-0.4, -0.2) is 21.9 Å². The minimum absolute atomic E-state index is 0.185. The van der Waals surface area contributed by atoms with Crippen LogP contribution in [0.25, 0.3) is 0 Å². The van der Waals surface area contributed by atoms with Crippen LogP contribution in [0.3, 0.4) is 0 Å². The lowest BCUT2D eigenvalue weighted by atomic mass is 10.2. The number of carbonyl (C=O) groups excluding carboxylic acids is 1. The van der Waals surface area contributed by atoms with Crippen LogP contribution in [0.5, 0.6) is 5.75 Å². The van der Waals surface area contributed by atoms with Crippen molar-refractivity contribution >= 4 is 35.0 Å². The first-order valence-electron chi connectivity index (χ1n) is 10.3. The second-order valence-electron chi connectivity index (χ2n) is 7.82. The minimum Gasteiger partial charge on any atom is -0.508 e. The lowest BCUT2D eigenvalue weighted by Gasteiger charge is -2.05. The molecule has 2 rings (SSSR count). The molecule has 2 aromatic carbocycles. The van der Waals surface area contributed by atoms with Crippen LogP contribution < -0.4 is 0 Å². The Morgan fingerprint density at radius 2 is 1.33 bits per heavy atom. The highest BCUT2D eigenvalue weighted by Crippen LogP contribution is 2.11. The number of hydrogen-bond donors (Lipinski definition) is 2. The van der Waals surface area contributed by atoms with Gasteiger partial charge in [-0.15, -0.1) is 12.6 Å². The second kappa shape index (κ2) is 19.1. The van der Waals surface area contributed by atoms with Gasteiger partial charge in [-0.05, 0) is 54.7 Å². The molecule has 1 N–H and O–H groups in total. The van der Waals surface area contributed by atoms with Gasteiger partial charge in [-0.1, -0.05) is 78.8 Å². The van der Waals surface area contributed by atoms with Crippen molar-refractivity contribution in [2.75, 3.05) is 6.61 Å². The molecule has 0 aliphatic carbocycles. The monoisotopic (exact) mass is 450 g/mol. The number of carbonyl (C=O) groups is 1. The number of rotatable bonds is 4. The third kappa shape index (κ3) is 20.9. The van der Waals surface area contributed by atoms with Crippen molar-refractivity contribution in [2.45, 2.75) is 54.9 Å². The second-order valence-corrected chi connectivity index (χ2v) is 8.60. The summed E-state index contributed by atoms with van der Waals surface area (Å²) in [5, 5.41) is 9.33. The van der Waals surface area contributed by atoms with Crippen LogP contribution in [0.15, 0.2) is 54.6 Å². The number of benzene rings is 2. The van der Waals surface area contributed by atoms with E-state index in [1.165, 1.54) is 0 Å². The Bertz CT molecular complexity index is 670. The van der Waals surface area contributed by atoms with Crippen molar-refractivity contribution in [3.63, 3.8) is 0 Å². The van der Waals surface area contributed by atoms with E-state index in [-0.39, 0.29) is 10.9 Å². The molecule has 0 fully saturated rings. The molecule has 2 aromatic rings. The Hall–Kier alpha value is -1.85. The summed E-state index contributed by atoms with van der Waals surface area (Å²) in [5.41, 5.74) is 1.47. The Labute approximate surface area is 194 Å². The van der Waals surface area contributed by atoms with Gasteiger partial charge in [-0.25, -0.2) is 0 Å². The molecule has 0 aromatic heterocycles. The van der Waals surface area contributed by atoms with Crippen molar-refractivity contribution < 1.29 is 14.6 Å². The van der Waals surface area contributed by atoms with Gasteiger partial charge in [0.05, 0.1) is 6.61 Å². The molecule has 0 unspecified atom stereocenters. The molecule has 0 spiro atoms. The van der Waals surface area contributed by atoms with Crippen molar-refractivity contribution in [1.29, 1.82) is 0 Å². The summed E-state index contributed by atoms with van der Waals surface area (Å²) >= 11 is 8.67. The van der Waals surface area contributed by atoms with Crippen molar-refractivity contribution in [2.24, 2.45) is 11.8 Å². The summed E-state index contributed by atoms with van der Waals surface area (Å²) in [6.07, 6.45) is 0.943. The fraction of sp³-hybridized carbons (Fsp3) is 0.440. The number of phenols is 1. The molecule has 0 aliphatic heterocycles. The van der Waals surface area contributed by atoms with Crippen molar-refractivity contribution in [1.82, 2.24) is 0 Å². The maximum atomic E-state index is 10.5. The lowest BCUT2D eigenvalue weighted by molar-refractivity contribution is 0.109. The smallest absolute Gasteiger partial charge is 0.216 e. The van der Waals surface area contributed by atoms with E-state index in [1.807, 2.05) is 25.1 Å². The van der Waals surface area contributed by atoms with Gasteiger partial charge in [-0.2, -0.15) is 0 Å². The molecule has 168 valence electrons. The third-order valence-corrected chi connectivity index (χ3v) is 3.17. The van der Waals surface area contributed by atoms with E-state index in [0.29, 0.717) is 17.2 Å². The molecule has 0 saturated heterocycles. The fourth-order valence-corrected chi connectivity index (χ4v) is 1.82. The van der Waals surface area contributed by atoms with E-state index in [0.717, 1.165) is 23.8 Å². The van der Waals surface area contributed by atoms with E-state index >= 15 is 0 Å². The topological polar surface area (TPSA) is 46.5 Å². The Morgan fingerprint density at radius 1 is 0.900 bits per heavy atom. The molecular formula is C25H38O3S2. The van der Waals surface area contributed by atoms with Crippen LogP contribution in [0.2, 0.25) is 0 Å². The van der Waals surface area contributed by atoms with Gasteiger partial charge < -0.3 is 9.84 Å². The van der Waals surface area contributed by atoms with Gasteiger partial charge in [0.2, 0.25) is 5.12 Å². The summed E-state index contributed by atoms with van der Waals surface area (Å²) in [6.45, 7) is 15.7. The zero-order valence-corrected chi connectivity index (χ0v) is 21.1. The first kappa shape index (κ1) is 30.3. The highest BCUT2D eigenvalue weighted by Gasteiger charge is 2.00. The Balaban J connectivity index is 0. The molecule has 5 heteroatoms.